The van der Waals surface area contributed by atoms with Crippen molar-refractivity contribution in [3.05, 3.63) is 54.6 Å². The number of hydrogen-bond acceptors (Lipinski definition) is 6. The summed E-state index contributed by atoms with van der Waals surface area (Å²) in [5.41, 5.74) is 1.62. The first kappa shape index (κ1) is 18.9. The van der Waals surface area contributed by atoms with Gasteiger partial charge in [0.05, 0.1) is 31.9 Å². The van der Waals surface area contributed by atoms with Crippen molar-refractivity contribution in [3.8, 4) is 17.2 Å². The first-order valence-corrected chi connectivity index (χ1v) is 10.2. The van der Waals surface area contributed by atoms with Gasteiger partial charge in [-0.05, 0) is 24.3 Å². The number of para-hydroxylation sites is 1. The van der Waals surface area contributed by atoms with Crippen LogP contribution in [0.1, 0.15) is 0 Å². The predicted molar refractivity (Wildman–Crippen MR) is 111 cm³/mol. The molecule has 4 aromatic rings. The molecule has 0 aliphatic rings. The molecule has 0 bridgehead atoms. The Morgan fingerprint density at radius 1 is 0.793 bits per heavy atom. The third-order valence-corrected chi connectivity index (χ3v) is 5.95. The van der Waals surface area contributed by atoms with Crippen LogP contribution in [0.4, 0.5) is 5.69 Å². The Morgan fingerprint density at radius 3 is 2.10 bits per heavy atom. The van der Waals surface area contributed by atoms with Crippen LogP contribution in [0.5, 0.6) is 17.2 Å². The van der Waals surface area contributed by atoms with E-state index in [1.165, 1.54) is 39.5 Å². The van der Waals surface area contributed by atoms with Crippen molar-refractivity contribution in [3.63, 3.8) is 0 Å². The van der Waals surface area contributed by atoms with Gasteiger partial charge in [0, 0.05) is 22.9 Å². The van der Waals surface area contributed by atoms with Crippen LogP contribution in [0, 0.1) is 0 Å². The number of benzene rings is 3. The van der Waals surface area contributed by atoms with E-state index >= 15 is 0 Å². The number of ether oxygens (including phenoxy) is 3. The minimum Gasteiger partial charge on any atom is -0.493 e. The maximum Gasteiger partial charge on any atom is 0.261 e. The molecule has 0 aliphatic carbocycles. The van der Waals surface area contributed by atoms with Crippen LogP contribution in [-0.4, -0.2) is 29.7 Å². The third kappa shape index (κ3) is 3.31. The second-order valence-corrected chi connectivity index (χ2v) is 7.96. The van der Waals surface area contributed by atoms with Crippen molar-refractivity contribution in [2.75, 3.05) is 26.1 Å². The number of hydrogen-bond donors (Lipinski definition) is 1. The minimum atomic E-state index is -3.86. The fraction of sp³-hybridized carbons (Fsp3) is 0.143. The molecule has 0 spiro atoms. The minimum absolute atomic E-state index is 0.116. The quantitative estimate of drug-likeness (QED) is 0.504. The largest absolute Gasteiger partial charge is 0.493 e. The summed E-state index contributed by atoms with van der Waals surface area (Å²) in [4.78, 5) is 0.116. The standard InChI is InChI=1S/C21H19NO6S/c1-25-19-10-13(11-20(26-2)21(19)27-3)22-29(23,24)14-8-9-18-16(12-14)15-6-4-5-7-17(15)28-18/h4-12,22H,1-3H3. The molecule has 150 valence electrons. The molecule has 0 aliphatic heterocycles. The Hall–Kier alpha value is -3.39. The van der Waals surface area contributed by atoms with Crippen molar-refractivity contribution >= 4 is 37.6 Å². The van der Waals surface area contributed by atoms with Crippen LogP contribution < -0.4 is 18.9 Å². The molecule has 0 saturated carbocycles. The predicted octanol–water partition coefficient (Wildman–Crippen LogP) is 4.41. The van der Waals surface area contributed by atoms with E-state index < -0.39 is 10.0 Å². The van der Waals surface area contributed by atoms with Crippen LogP contribution in [0.15, 0.2) is 63.9 Å². The molecular formula is C21H19NO6S. The van der Waals surface area contributed by atoms with Gasteiger partial charge in [0.25, 0.3) is 10.0 Å². The molecule has 1 N–H and O–H groups in total. The smallest absolute Gasteiger partial charge is 0.261 e. The highest BCUT2D eigenvalue weighted by molar-refractivity contribution is 7.92. The molecule has 1 heterocycles. The summed E-state index contributed by atoms with van der Waals surface area (Å²) < 4.78 is 50.2. The maximum atomic E-state index is 13.0. The summed E-state index contributed by atoms with van der Waals surface area (Å²) in [6, 6.07) is 15.3. The second kappa shape index (κ2) is 7.21. The average molecular weight is 413 g/mol. The van der Waals surface area contributed by atoms with Crippen molar-refractivity contribution in [1.29, 1.82) is 0 Å². The highest BCUT2D eigenvalue weighted by atomic mass is 32.2. The number of sulfonamides is 1. The van der Waals surface area contributed by atoms with Crippen LogP contribution in [0.3, 0.4) is 0 Å². The number of fused-ring (bicyclic) bond motifs is 3. The van der Waals surface area contributed by atoms with Crippen molar-refractivity contribution in [1.82, 2.24) is 0 Å². The Kier molecular flexibility index (Phi) is 4.71. The second-order valence-electron chi connectivity index (χ2n) is 6.28. The molecule has 0 fully saturated rings. The molecule has 1 aromatic heterocycles. The van der Waals surface area contributed by atoms with Gasteiger partial charge in [-0.1, -0.05) is 18.2 Å². The molecule has 7 nitrogen and oxygen atoms in total. The summed E-state index contributed by atoms with van der Waals surface area (Å²) >= 11 is 0. The molecular weight excluding hydrogens is 394 g/mol. The highest BCUT2D eigenvalue weighted by Crippen LogP contribution is 2.40. The zero-order valence-corrected chi connectivity index (χ0v) is 16.9. The van der Waals surface area contributed by atoms with Crippen molar-refractivity contribution < 1.29 is 27.0 Å². The van der Waals surface area contributed by atoms with Gasteiger partial charge in [0.2, 0.25) is 5.75 Å². The Bertz CT molecular complexity index is 1280. The van der Waals surface area contributed by atoms with E-state index in [0.29, 0.717) is 28.4 Å². The summed E-state index contributed by atoms with van der Waals surface area (Å²) in [5, 5.41) is 1.58. The molecule has 0 unspecified atom stereocenters. The van der Waals surface area contributed by atoms with E-state index in [4.69, 9.17) is 18.6 Å². The number of furan rings is 1. The van der Waals surface area contributed by atoms with Gasteiger partial charge in [0.15, 0.2) is 11.5 Å². The van der Waals surface area contributed by atoms with Crippen LogP contribution in [0.2, 0.25) is 0 Å². The fourth-order valence-electron chi connectivity index (χ4n) is 3.23. The number of anilines is 1. The number of nitrogens with one attached hydrogen (secondary N) is 1. The van der Waals surface area contributed by atoms with E-state index in [2.05, 4.69) is 4.72 Å². The first-order chi connectivity index (χ1) is 14.0. The molecule has 29 heavy (non-hydrogen) atoms. The molecule has 3 aromatic carbocycles. The van der Waals surface area contributed by atoms with E-state index in [1.54, 1.807) is 12.1 Å². The van der Waals surface area contributed by atoms with Crippen molar-refractivity contribution in [2.45, 2.75) is 4.90 Å². The van der Waals surface area contributed by atoms with Crippen LogP contribution in [0.25, 0.3) is 21.9 Å². The normalized spacial score (nSPS) is 11.6. The zero-order valence-electron chi connectivity index (χ0n) is 16.1. The van der Waals surface area contributed by atoms with E-state index in [0.717, 1.165) is 10.8 Å². The highest BCUT2D eigenvalue weighted by Gasteiger charge is 2.20. The Labute approximate surface area is 167 Å². The van der Waals surface area contributed by atoms with Gasteiger partial charge < -0.3 is 18.6 Å². The fourth-order valence-corrected chi connectivity index (χ4v) is 4.29. The van der Waals surface area contributed by atoms with Gasteiger partial charge >= 0.3 is 0 Å². The van der Waals surface area contributed by atoms with E-state index in [9.17, 15) is 8.42 Å². The lowest BCUT2D eigenvalue weighted by molar-refractivity contribution is 0.325. The first-order valence-electron chi connectivity index (χ1n) is 8.71. The van der Waals surface area contributed by atoms with E-state index in [1.807, 2.05) is 24.3 Å². The van der Waals surface area contributed by atoms with Gasteiger partial charge in [-0.3, -0.25) is 4.72 Å². The lowest BCUT2D eigenvalue weighted by atomic mass is 10.1. The molecule has 0 saturated heterocycles. The lowest BCUT2D eigenvalue weighted by Crippen LogP contribution is -2.13. The maximum absolute atomic E-state index is 13.0. The number of rotatable bonds is 6. The van der Waals surface area contributed by atoms with Gasteiger partial charge in [-0.2, -0.15) is 0 Å². The van der Waals surface area contributed by atoms with E-state index in [-0.39, 0.29) is 10.6 Å². The van der Waals surface area contributed by atoms with Crippen molar-refractivity contribution in [2.24, 2.45) is 0 Å². The molecule has 0 amide bonds. The monoisotopic (exact) mass is 413 g/mol. The molecule has 8 heteroatoms. The lowest BCUT2D eigenvalue weighted by Gasteiger charge is -2.15. The van der Waals surface area contributed by atoms with Crippen LogP contribution >= 0.6 is 0 Å². The summed E-state index contributed by atoms with van der Waals surface area (Å²) in [7, 11) is 0.548. The van der Waals surface area contributed by atoms with Gasteiger partial charge in [-0.15, -0.1) is 0 Å². The van der Waals surface area contributed by atoms with Gasteiger partial charge in [0.1, 0.15) is 11.2 Å². The molecule has 0 radical (unpaired) electrons. The molecule has 0 atom stereocenters. The Morgan fingerprint density at radius 2 is 1.45 bits per heavy atom. The van der Waals surface area contributed by atoms with Crippen LogP contribution in [-0.2, 0) is 10.0 Å². The zero-order chi connectivity index (χ0) is 20.6. The topological polar surface area (TPSA) is 87.0 Å². The molecule has 4 rings (SSSR count). The summed E-state index contributed by atoms with van der Waals surface area (Å²) in [6.07, 6.45) is 0. The SMILES string of the molecule is COc1cc(NS(=O)(=O)c2ccc3oc4ccccc4c3c2)cc(OC)c1OC. The average Bonchev–Trinajstić information content (AvgIpc) is 3.10. The summed E-state index contributed by atoms with van der Waals surface area (Å²) in [5.74, 6) is 1.07. The number of methoxy groups -OCH3 is 3. The Balaban J connectivity index is 1.77. The summed E-state index contributed by atoms with van der Waals surface area (Å²) in [6.45, 7) is 0. The third-order valence-electron chi connectivity index (χ3n) is 4.58. The van der Waals surface area contributed by atoms with Gasteiger partial charge in [-0.25, -0.2) is 8.42 Å².